The van der Waals surface area contributed by atoms with Crippen molar-refractivity contribution in [3.8, 4) is 5.75 Å². The first-order valence-corrected chi connectivity index (χ1v) is 4.49. The highest BCUT2D eigenvalue weighted by atomic mass is 19.1. The van der Waals surface area contributed by atoms with Crippen molar-refractivity contribution in [3.63, 3.8) is 0 Å². The standard InChI is InChI=1S/C11H14FNO/c1-2-5-14-11-7-9(3-4-13)6-10(12)8-11/h2,6-8H,1,3-5,13H2. The minimum atomic E-state index is -0.296. The van der Waals surface area contributed by atoms with Gasteiger partial charge in [0.1, 0.15) is 18.2 Å². The first-order chi connectivity index (χ1) is 6.76. The van der Waals surface area contributed by atoms with Crippen molar-refractivity contribution in [1.29, 1.82) is 0 Å². The molecule has 0 atom stereocenters. The number of nitrogens with two attached hydrogens (primary N) is 1. The van der Waals surface area contributed by atoms with E-state index in [1.165, 1.54) is 12.1 Å². The molecule has 0 aromatic heterocycles. The first kappa shape index (κ1) is 10.7. The van der Waals surface area contributed by atoms with Crippen molar-refractivity contribution in [1.82, 2.24) is 0 Å². The molecule has 0 fully saturated rings. The molecule has 0 saturated carbocycles. The van der Waals surface area contributed by atoms with E-state index in [0.29, 0.717) is 25.3 Å². The number of hydrogen-bond donors (Lipinski definition) is 1. The molecule has 0 saturated heterocycles. The minimum Gasteiger partial charge on any atom is -0.489 e. The number of rotatable bonds is 5. The zero-order valence-electron chi connectivity index (χ0n) is 8.00. The average Bonchev–Trinajstić information content (AvgIpc) is 2.14. The molecule has 0 amide bonds. The Labute approximate surface area is 83.2 Å². The molecule has 1 rings (SSSR count). The highest BCUT2D eigenvalue weighted by Gasteiger charge is 2.00. The van der Waals surface area contributed by atoms with Crippen LogP contribution in [0, 0.1) is 5.82 Å². The summed E-state index contributed by atoms with van der Waals surface area (Å²) in [6.45, 7) is 4.40. The molecule has 14 heavy (non-hydrogen) atoms. The van der Waals surface area contributed by atoms with E-state index in [1.54, 1.807) is 12.1 Å². The van der Waals surface area contributed by atoms with E-state index in [4.69, 9.17) is 10.5 Å². The third-order valence-corrected chi connectivity index (χ3v) is 1.73. The van der Waals surface area contributed by atoms with E-state index in [0.717, 1.165) is 5.56 Å². The Morgan fingerprint density at radius 1 is 1.43 bits per heavy atom. The van der Waals surface area contributed by atoms with Crippen LogP contribution in [0.5, 0.6) is 5.75 Å². The van der Waals surface area contributed by atoms with Gasteiger partial charge in [-0.3, -0.25) is 0 Å². The maximum atomic E-state index is 13.0. The van der Waals surface area contributed by atoms with Crippen LogP contribution < -0.4 is 10.5 Å². The molecule has 0 aliphatic rings. The largest absolute Gasteiger partial charge is 0.489 e. The van der Waals surface area contributed by atoms with Gasteiger partial charge in [-0.2, -0.15) is 0 Å². The molecule has 1 aromatic rings. The maximum Gasteiger partial charge on any atom is 0.127 e. The summed E-state index contributed by atoms with van der Waals surface area (Å²) in [6, 6.07) is 4.61. The van der Waals surface area contributed by atoms with E-state index >= 15 is 0 Å². The SMILES string of the molecule is C=CCOc1cc(F)cc(CCN)c1. The molecular formula is C11H14FNO. The highest BCUT2D eigenvalue weighted by molar-refractivity contribution is 5.30. The summed E-state index contributed by atoms with van der Waals surface area (Å²) in [4.78, 5) is 0. The van der Waals surface area contributed by atoms with Crippen LogP contribution in [-0.4, -0.2) is 13.2 Å². The molecule has 1 aromatic carbocycles. The molecule has 2 N–H and O–H groups in total. The summed E-state index contributed by atoms with van der Waals surface area (Å²) in [6.07, 6.45) is 2.27. The van der Waals surface area contributed by atoms with Gasteiger partial charge in [0.15, 0.2) is 0 Å². The summed E-state index contributed by atoms with van der Waals surface area (Å²) < 4.78 is 18.3. The Kier molecular flexibility index (Phi) is 4.13. The van der Waals surface area contributed by atoms with Gasteiger partial charge >= 0.3 is 0 Å². The van der Waals surface area contributed by atoms with E-state index in [9.17, 15) is 4.39 Å². The van der Waals surface area contributed by atoms with Crippen LogP contribution in [0.15, 0.2) is 30.9 Å². The second-order valence-electron chi connectivity index (χ2n) is 2.93. The Bertz CT molecular complexity index is 312. The molecule has 0 heterocycles. The second kappa shape index (κ2) is 5.40. The van der Waals surface area contributed by atoms with Crippen LogP contribution in [0.2, 0.25) is 0 Å². The van der Waals surface area contributed by atoms with Crippen LogP contribution in [0.4, 0.5) is 4.39 Å². The predicted octanol–water partition coefficient (Wildman–Crippen LogP) is 1.89. The van der Waals surface area contributed by atoms with Gasteiger partial charge in [0.2, 0.25) is 0 Å². The van der Waals surface area contributed by atoms with Crippen LogP contribution in [0.25, 0.3) is 0 Å². The first-order valence-electron chi connectivity index (χ1n) is 4.49. The molecular weight excluding hydrogens is 181 g/mol. The summed E-state index contributed by atoms with van der Waals surface area (Å²) in [5.74, 6) is 0.225. The van der Waals surface area contributed by atoms with Crippen LogP contribution in [-0.2, 0) is 6.42 Å². The quantitative estimate of drug-likeness (QED) is 0.728. The molecule has 0 radical (unpaired) electrons. The normalized spacial score (nSPS) is 9.86. The van der Waals surface area contributed by atoms with E-state index in [1.807, 2.05) is 0 Å². The van der Waals surface area contributed by atoms with Crippen molar-refractivity contribution < 1.29 is 9.13 Å². The topological polar surface area (TPSA) is 35.2 Å². The monoisotopic (exact) mass is 195 g/mol. The number of hydrogen-bond acceptors (Lipinski definition) is 2. The summed E-state index contributed by atoms with van der Waals surface area (Å²) >= 11 is 0. The summed E-state index contributed by atoms with van der Waals surface area (Å²) in [5, 5.41) is 0. The number of ether oxygens (including phenoxy) is 1. The molecule has 0 aliphatic heterocycles. The summed E-state index contributed by atoms with van der Waals surface area (Å²) in [7, 11) is 0. The lowest BCUT2D eigenvalue weighted by Gasteiger charge is -2.06. The Hall–Kier alpha value is -1.35. The number of benzene rings is 1. The third kappa shape index (κ3) is 3.18. The lowest BCUT2D eigenvalue weighted by Crippen LogP contribution is -2.03. The molecule has 76 valence electrons. The van der Waals surface area contributed by atoms with Gasteiger partial charge in [0.25, 0.3) is 0 Å². The fraction of sp³-hybridized carbons (Fsp3) is 0.273. The van der Waals surface area contributed by atoms with Gasteiger partial charge in [-0.15, -0.1) is 0 Å². The minimum absolute atomic E-state index is 0.296. The fourth-order valence-corrected chi connectivity index (χ4v) is 1.17. The van der Waals surface area contributed by atoms with Gasteiger partial charge in [-0.05, 0) is 30.7 Å². The molecule has 0 aliphatic carbocycles. The lowest BCUT2D eigenvalue weighted by atomic mass is 10.1. The number of halogens is 1. The van der Waals surface area contributed by atoms with Crippen molar-refractivity contribution in [3.05, 3.63) is 42.2 Å². The van der Waals surface area contributed by atoms with Gasteiger partial charge in [0.05, 0.1) is 0 Å². The van der Waals surface area contributed by atoms with E-state index < -0.39 is 0 Å². The molecule has 2 nitrogen and oxygen atoms in total. The Balaban J connectivity index is 2.77. The van der Waals surface area contributed by atoms with Crippen molar-refractivity contribution >= 4 is 0 Å². The zero-order chi connectivity index (χ0) is 10.4. The summed E-state index contributed by atoms with van der Waals surface area (Å²) in [5.41, 5.74) is 6.23. The van der Waals surface area contributed by atoms with E-state index in [-0.39, 0.29) is 5.82 Å². The second-order valence-corrected chi connectivity index (χ2v) is 2.93. The average molecular weight is 195 g/mol. The Morgan fingerprint density at radius 2 is 2.21 bits per heavy atom. The van der Waals surface area contributed by atoms with Gasteiger partial charge in [0, 0.05) is 6.07 Å². The smallest absolute Gasteiger partial charge is 0.127 e. The van der Waals surface area contributed by atoms with Gasteiger partial charge < -0.3 is 10.5 Å². The van der Waals surface area contributed by atoms with Gasteiger partial charge in [-0.25, -0.2) is 4.39 Å². The maximum absolute atomic E-state index is 13.0. The predicted molar refractivity (Wildman–Crippen MR) is 54.9 cm³/mol. The molecule has 3 heteroatoms. The zero-order valence-corrected chi connectivity index (χ0v) is 8.00. The van der Waals surface area contributed by atoms with Crippen molar-refractivity contribution in [2.45, 2.75) is 6.42 Å². The van der Waals surface area contributed by atoms with Crippen LogP contribution in [0.1, 0.15) is 5.56 Å². The van der Waals surface area contributed by atoms with Gasteiger partial charge in [-0.1, -0.05) is 12.7 Å². The molecule has 0 unspecified atom stereocenters. The lowest BCUT2D eigenvalue weighted by molar-refractivity contribution is 0.360. The van der Waals surface area contributed by atoms with Crippen molar-refractivity contribution in [2.75, 3.05) is 13.2 Å². The molecule has 0 bridgehead atoms. The third-order valence-electron chi connectivity index (χ3n) is 1.73. The fourth-order valence-electron chi connectivity index (χ4n) is 1.17. The van der Waals surface area contributed by atoms with Crippen LogP contribution >= 0.6 is 0 Å². The highest BCUT2D eigenvalue weighted by Crippen LogP contribution is 2.16. The van der Waals surface area contributed by atoms with Crippen molar-refractivity contribution in [2.24, 2.45) is 5.73 Å². The Morgan fingerprint density at radius 3 is 2.86 bits per heavy atom. The van der Waals surface area contributed by atoms with E-state index in [2.05, 4.69) is 6.58 Å². The van der Waals surface area contributed by atoms with Crippen LogP contribution in [0.3, 0.4) is 0 Å². The molecule has 0 spiro atoms.